The molecule has 0 amide bonds. The van der Waals surface area contributed by atoms with Crippen molar-refractivity contribution < 1.29 is 29.3 Å². The highest BCUT2D eigenvalue weighted by atomic mass is 19.1. The average molecular weight is 437 g/mol. The van der Waals surface area contributed by atoms with Crippen molar-refractivity contribution >= 4 is 11.6 Å². The van der Waals surface area contributed by atoms with Crippen molar-refractivity contribution in [2.75, 3.05) is 6.61 Å². The van der Waals surface area contributed by atoms with Gasteiger partial charge in [0.15, 0.2) is 17.2 Å². The molecular weight excluding hydrogens is 399 g/mol. The highest BCUT2D eigenvalue weighted by Crippen LogP contribution is 2.70. The van der Waals surface area contributed by atoms with E-state index in [1.165, 1.54) is 18.6 Å². The Balaban J connectivity index is 0.000000858. The second kappa shape index (κ2) is 7.89. The van der Waals surface area contributed by atoms with E-state index in [0.717, 1.165) is 0 Å². The molecule has 3 saturated carbocycles. The van der Waals surface area contributed by atoms with Gasteiger partial charge in [-0.05, 0) is 56.6 Å². The predicted molar refractivity (Wildman–Crippen MR) is 116 cm³/mol. The summed E-state index contributed by atoms with van der Waals surface area (Å²) in [6, 6.07) is 0. The molecule has 0 aromatic heterocycles. The first-order valence-corrected chi connectivity index (χ1v) is 11.6. The molecule has 3 fully saturated rings. The standard InChI is InChI=1S/C22H29FO5.C3H8/c1-12-8-16-15-5-4-13-9-14(25)6-7-19(13,2)21(15,23)17(26)10-20(16,3)22(12,28)18(27)11-24;1-3-2/h6-7,9,12,15-17,24,26,28H,4-5,8,10-11H2,1-3H3;3H2,1-2H3/t12-,15+,16+,17+,19+,20+,21+,22+;/m1./s1. The van der Waals surface area contributed by atoms with Gasteiger partial charge in [-0.25, -0.2) is 4.39 Å². The van der Waals surface area contributed by atoms with Crippen LogP contribution in [0.3, 0.4) is 0 Å². The van der Waals surface area contributed by atoms with E-state index >= 15 is 4.39 Å². The number of fused-ring (bicyclic) bond motifs is 5. The molecule has 0 bridgehead atoms. The topological polar surface area (TPSA) is 94.8 Å². The lowest BCUT2D eigenvalue weighted by atomic mass is 9.44. The normalized spacial score (nSPS) is 48.0. The lowest BCUT2D eigenvalue weighted by Gasteiger charge is -2.62. The number of allylic oxidation sites excluding steroid dienone is 4. The lowest BCUT2D eigenvalue weighted by molar-refractivity contribution is -0.219. The van der Waals surface area contributed by atoms with Crippen LogP contribution in [0, 0.1) is 28.6 Å². The van der Waals surface area contributed by atoms with Crippen LogP contribution in [0.2, 0.25) is 0 Å². The smallest absolute Gasteiger partial charge is 0.190 e. The minimum absolute atomic E-state index is 0.0676. The first-order chi connectivity index (χ1) is 14.4. The second-order valence-corrected chi connectivity index (χ2v) is 10.5. The van der Waals surface area contributed by atoms with Crippen molar-refractivity contribution in [3.8, 4) is 0 Å². The molecule has 0 unspecified atom stereocenters. The molecule has 4 rings (SSSR count). The van der Waals surface area contributed by atoms with E-state index in [0.29, 0.717) is 24.8 Å². The van der Waals surface area contributed by atoms with Crippen LogP contribution >= 0.6 is 0 Å². The van der Waals surface area contributed by atoms with E-state index in [4.69, 9.17) is 0 Å². The number of hydrogen-bond acceptors (Lipinski definition) is 5. The van der Waals surface area contributed by atoms with E-state index in [1.54, 1.807) is 26.8 Å². The van der Waals surface area contributed by atoms with Gasteiger partial charge in [0.1, 0.15) is 12.2 Å². The molecule has 0 saturated heterocycles. The van der Waals surface area contributed by atoms with Crippen LogP contribution < -0.4 is 0 Å². The number of halogens is 1. The zero-order valence-corrected chi connectivity index (χ0v) is 19.3. The van der Waals surface area contributed by atoms with E-state index in [-0.39, 0.29) is 18.1 Å². The average Bonchev–Trinajstić information content (AvgIpc) is 2.91. The summed E-state index contributed by atoms with van der Waals surface area (Å²) in [6.07, 6.45) is 5.69. The molecule has 4 aliphatic rings. The molecule has 8 atom stereocenters. The predicted octanol–water partition coefficient (Wildman–Crippen LogP) is 3.31. The second-order valence-electron chi connectivity index (χ2n) is 10.5. The molecule has 0 aromatic carbocycles. The summed E-state index contributed by atoms with van der Waals surface area (Å²) < 4.78 is 16.9. The summed E-state index contributed by atoms with van der Waals surface area (Å²) >= 11 is 0. The molecular formula is C25H37FO5. The SMILES string of the molecule is CCC.C[C@@H]1C[C@H]2[C@@H]3CCC4=CC(=O)C=C[C@]4(C)[C@@]3(F)[C@@H](O)C[C@]2(C)[C@@]1(O)C(=O)CO. The van der Waals surface area contributed by atoms with Crippen molar-refractivity contribution in [1.29, 1.82) is 0 Å². The van der Waals surface area contributed by atoms with Crippen LogP contribution in [0.4, 0.5) is 4.39 Å². The summed E-state index contributed by atoms with van der Waals surface area (Å²) in [5.74, 6) is -2.12. The Morgan fingerprint density at radius 1 is 1.26 bits per heavy atom. The van der Waals surface area contributed by atoms with Crippen LogP contribution in [-0.2, 0) is 9.59 Å². The van der Waals surface area contributed by atoms with Gasteiger partial charge in [-0.1, -0.05) is 45.8 Å². The van der Waals surface area contributed by atoms with E-state index in [2.05, 4.69) is 13.8 Å². The van der Waals surface area contributed by atoms with Gasteiger partial charge in [0, 0.05) is 16.7 Å². The third kappa shape index (κ3) is 2.97. The molecule has 5 nitrogen and oxygen atoms in total. The lowest BCUT2D eigenvalue weighted by Crippen LogP contribution is -2.69. The van der Waals surface area contributed by atoms with Crippen LogP contribution in [-0.4, -0.2) is 50.9 Å². The zero-order chi connectivity index (χ0) is 23.4. The molecule has 0 aromatic rings. The number of aliphatic hydroxyl groups excluding tert-OH is 2. The Hall–Kier alpha value is -1.37. The Bertz CT molecular complexity index is 821. The first kappa shape index (κ1) is 24.3. The van der Waals surface area contributed by atoms with Gasteiger partial charge in [0.25, 0.3) is 0 Å². The molecule has 4 aliphatic carbocycles. The van der Waals surface area contributed by atoms with Gasteiger partial charge >= 0.3 is 0 Å². The van der Waals surface area contributed by atoms with Gasteiger partial charge in [-0.3, -0.25) is 9.59 Å². The Labute approximate surface area is 184 Å². The number of carbonyl (C=O) groups excluding carboxylic acids is 2. The number of ketones is 2. The van der Waals surface area contributed by atoms with Crippen LogP contribution in [0.1, 0.15) is 66.7 Å². The highest BCUT2D eigenvalue weighted by molar-refractivity contribution is 6.01. The molecule has 0 spiro atoms. The number of rotatable bonds is 2. The largest absolute Gasteiger partial charge is 0.390 e. The van der Waals surface area contributed by atoms with Gasteiger partial charge < -0.3 is 15.3 Å². The highest BCUT2D eigenvalue weighted by Gasteiger charge is 2.75. The minimum Gasteiger partial charge on any atom is -0.390 e. The number of hydrogen-bond donors (Lipinski definition) is 3. The maximum atomic E-state index is 16.9. The van der Waals surface area contributed by atoms with Gasteiger partial charge in [-0.15, -0.1) is 0 Å². The maximum absolute atomic E-state index is 16.9. The third-order valence-corrected chi connectivity index (χ3v) is 8.79. The van der Waals surface area contributed by atoms with Crippen molar-refractivity contribution in [3.63, 3.8) is 0 Å². The van der Waals surface area contributed by atoms with Gasteiger partial charge in [0.05, 0.1) is 6.10 Å². The summed E-state index contributed by atoms with van der Waals surface area (Å²) in [5.41, 5.74) is -5.17. The monoisotopic (exact) mass is 436 g/mol. The maximum Gasteiger partial charge on any atom is 0.190 e. The molecule has 0 heterocycles. The molecule has 6 heteroatoms. The fourth-order valence-corrected chi connectivity index (χ4v) is 7.26. The molecule has 0 radical (unpaired) electrons. The van der Waals surface area contributed by atoms with Crippen LogP contribution in [0.5, 0.6) is 0 Å². The van der Waals surface area contributed by atoms with Crippen molar-refractivity contribution in [2.45, 2.75) is 84.1 Å². The third-order valence-electron chi connectivity index (χ3n) is 8.79. The van der Waals surface area contributed by atoms with Gasteiger partial charge in [0.2, 0.25) is 0 Å². The minimum atomic E-state index is -1.98. The van der Waals surface area contributed by atoms with Crippen LogP contribution in [0.25, 0.3) is 0 Å². The van der Waals surface area contributed by atoms with E-state index in [9.17, 15) is 24.9 Å². The summed E-state index contributed by atoms with van der Waals surface area (Å²) in [4.78, 5) is 24.4. The van der Waals surface area contributed by atoms with E-state index in [1.807, 2.05) is 0 Å². The van der Waals surface area contributed by atoms with Gasteiger partial charge in [-0.2, -0.15) is 0 Å². The Morgan fingerprint density at radius 3 is 2.45 bits per heavy atom. The fourth-order valence-electron chi connectivity index (χ4n) is 7.26. The summed E-state index contributed by atoms with van der Waals surface area (Å²) in [7, 11) is 0. The molecule has 31 heavy (non-hydrogen) atoms. The first-order valence-electron chi connectivity index (χ1n) is 11.6. The van der Waals surface area contributed by atoms with Crippen molar-refractivity contribution in [2.24, 2.45) is 28.6 Å². The summed E-state index contributed by atoms with van der Waals surface area (Å²) in [5, 5.41) is 32.0. The number of aliphatic hydroxyl groups is 3. The molecule has 3 N–H and O–H groups in total. The number of Topliss-reactive ketones (excluding diaryl/α,β-unsaturated/α-hetero) is 1. The number of carbonyl (C=O) groups is 2. The van der Waals surface area contributed by atoms with Crippen molar-refractivity contribution in [3.05, 3.63) is 23.8 Å². The zero-order valence-electron chi connectivity index (χ0n) is 19.3. The Kier molecular flexibility index (Phi) is 6.18. The Morgan fingerprint density at radius 2 is 1.87 bits per heavy atom. The number of alkyl halides is 1. The van der Waals surface area contributed by atoms with Crippen LogP contribution in [0.15, 0.2) is 23.8 Å². The molecule has 0 aliphatic heterocycles. The van der Waals surface area contributed by atoms with E-state index < -0.39 is 52.4 Å². The quantitative estimate of drug-likeness (QED) is 0.617. The fraction of sp³-hybridized carbons (Fsp3) is 0.760. The van der Waals surface area contributed by atoms with Crippen molar-refractivity contribution in [1.82, 2.24) is 0 Å². The summed E-state index contributed by atoms with van der Waals surface area (Å²) in [6.45, 7) is 8.73. The molecule has 174 valence electrons.